The van der Waals surface area contributed by atoms with Gasteiger partial charge in [-0.3, -0.25) is 0 Å². The fraction of sp³-hybridized carbons (Fsp3) is 0.941. The Hall–Kier alpha value is -0.770. The largest absolute Gasteiger partial charge is 0.393 e. The van der Waals surface area contributed by atoms with Crippen LogP contribution in [0.4, 0.5) is 4.79 Å². The Kier molecular flexibility index (Phi) is 3.21. The van der Waals surface area contributed by atoms with Crippen LogP contribution in [0.3, 0.4) is 0 Å². The molecule has 0 aromatic rings. The van der Waals surface area contributed by atoms with Crippen LogP contribution in [0.15, 0.2) is 0 Å². The number of hydrogen-bond donors (Lipinski definition) is 2. The van der Waals surface area contributed by atoms with Gasteiger partial charge in [-0.25, -0.2) is 4.79 Å². The van der Waals surface area contributed by atoms with Crippen LogP contribution in [-0.2, 0) is 0 Å². The summed E-state index contributed by atoms with van der Waals surface area (Å²) in [6, 6.07) is 0.125. The molecule has 0 radical (unpaired) electrons. The van der Waals surface area contributed by atoms with Crippen LogP contribution in [0, 0.1) is 23.7 Å². The van der Waals surface area contributed by atoms with Crippen LogP contribution in [0.2, 0.25) is 0 Å². The first-order valence-corrected chi connectivity index (χ1v) is 8.78. The highest BCUT2D eigenvalue weighted by Crippen LogP contribution is 2.55. The lowest BCUT2D eigenvalue weighted by molar-refractivity contribution is -0.0154. The van der Waals surface area contributed by atoms with Gasteiger partial charge in [0.15, 0.2) is 0 Å². The van der Waals surface area contributed by atoms with Gasteiger partial charge in [0, 0.05) is 24.5 Å². The highest BCUT2D eigenvalue weighted by atomic mass is 16.3. The number of hydrogen-bond acceptors (Lipinski definition) is 2. The second-order valence-electron chi connectivity index (χ2n) is 8.36. The summed E-state index contributed by atoms with van der Waals surface area (Å²) in [5.74, 6) is 2.84. The van der Waals surface area contributed by atoms with E-state index in [1.165, 1.54) is 38.5 Å². The third-order valence-corrected chi connectivity index (χ3v) is 6.60. The summed E-state index contributed by atoms with van der Waals surface area (Å²) in [4.78, 5) is 14.6. The molecule has 118 valence electrons. The molecule has 2 atom stereocenters. The van der Waals surface area contributed by atoms with E-state index >= 15 is 0 Å². The zero-order chi connectivity index (χ0) is 14.6. The van der Waals surface area contributed by atoms with Gasteiger partial charge in [0.05, 0.1) is 6.10 Å². The van der Waals surface area contributed by atoms with Gasteiger partial charge in [-0.15, -0.1) is 0 Å². The predicted octanol–water partition coefficient (Wildman–Crippen LogP) is 2.37. The van der Waals surface area contributed by atoms with E-state index in [0.29, 0.717) is 0 Å². The van der Waals surface area contributed by atoms with Crippen molar-refractivity contribution < 1.29 is 9.90 Å². The van der Waals surface area contributed by atoms with Crippen LogP contribution in [0.5, 0.6) is 0 Å². The molecule has 2 amide bonds. The van der Waals surface area contributed by atoms with Crippen LogP contribution in [-0.4, -0.2) is 40.8 Å². The quantitative estimate of drug-likeness (QED) is 0.821. The second-order valence-corrected chi connectivity index (χ2v) is 8.36. The molecule has 0 aromatic heterocycles. The van der Waals surface area contributed by atoms with Crippen molar-refractivity contribution in [3.8, 4) is 0 Å². The number of aliphatic hydroxyl groups is 1. The predicted molar refractivity (Wildman–Crippen MR) is 80.8 cm³/mol. The number of urea groups is 1. The number of amides is 2. The van der Waals surface area contributed by atoms with Crippen molar-refractivity contribution in [3.05, 3.63) is 0 Å². The number of likely N-dealkylation sites (tertiary alicyclic amines) is 1. The fourth-order valence-electron chi connectivity index (χ4n) is 5.94. The number of nitrogens with one attached hydrogen (secondary N) is 1. The van der Waals surface area contributed by atoms with Gasteiger partial charge >= 0.3 is 6.03 Å². The molecule has 0 aromatic carbocycles. The van der Waals surface area contributed by atoms with Crippen molar-refractivity contribution in [2.75, 3.05) is 13.1 Å². The highest BCUT2D eigenvalue weighted by molar-refractivity contribution is 5.75. The first-order chi connectivity index (χ1) is 10.0. The maximum atomic E-state index is 12.6. The molecule has 5 rings (SSSR count). The van der Waals surface area contributed by atoms with Crippen molar-refractivity contribution in [2.24, 2.45) is 23.7 Å². The molecule has 5 aliphatic rings. The van der Waals surface area contributed by atoms with Crippen LogP contribution in [0.1, 0.15) is 51.9 Å². The van der Waals surface area contributed by atoms with E-state index in [4.69, 9.17) is 0 Å². The molecule has 0 spiro atoms. The lowest BCUT2D eigenvalue weighted by Crippen LogP contribution is -2.61. The van der Waals surface area contributed by atoms with Gasteiger partial charge in [0.2, 0.25) is 0 Å². The molecule has 5 fully saturated rings. The Morgan fingerprint density at radius 2 is 1.76 bits per heavy atom. The summed E-state index contributed by atoms with van der Waals surface area (Å²) in [7, 11) is 0. The second kappa shape index (κ2) is 4.87. The number of carbonyl (C=O) groups excluding carboxylic acids is 1. The van der Waals surface area contributed by atoms with E-state index in [9.17, 15) is 9.90 Å². The van der Waals surface area contributed by atoms with Gasteiger partial charge in [0.1, 0.15) is 0 Å². The Labute approximate surface area is 127 Å². The van der Waals surface area contributed by atoms with Crippen molar-refractivity contribution in [2.45, 2.75) is 63.5 Å². The summed E-state index contributed by atoms with van der Waals surface area (Å²) in [6.45, 7) is 3.36. The summed E-state index contributed by atoms with van der Waals surface area (Å²) in [5, 5.41) is 13.1. The van der Waals surface area contributed by atoms with Crippen molar-refractivity contribution in [3.63, 3.8) is 0 Å². The van der Waals surface area contributed by atoms with E-state index in [2.05, 4.69) is 5.32 Å². The SMILES string of the molecule is CC(O)C1CCN(C(=O)NC23CC4CC(CC(C4)C2)C3)C1. The molecule has 4 aliphatic carbocycles. The summed E-state index contributed by atoms with van der Waals surface area (Å²) in [6.07, 6.45) is 8.47. The van der Waals surface area contributed by atoms with Gasteiger partial charge in [-0.05, 0) is 69.6 Å². The van der Waals surface area contributed by atoms with Crippen molar-refractivity contribution >= 4 is 6.03 Å². The van der Waals surface area contributed by atoms with E-state index in [1.54, 1.807) is 0 Å². The molecule has 1 heterocycles. The first-order valence-electron chi connectivity index (χ1n) is 8.78. The molecule has 4 saturated carbocycles. The number of carbonyl (C=O) groups is 1. The first kappa shape index (κ1) is 13.9. The average molecular weight is 292 g/mol. The summed E-state index contributed by atoms with van der Waals surface area (Å²) < 4.78 is 0. The monoisotopic (exact) mass is 292 g/mol. The lowest BCUT2D eigenvalue weighted by Gasteiger charge is -2.57. The Balaban J connectivity index is 1.41. The number of nitrogens with zero attached hydrogens (tertiary/aromatic N) is 1. The maximum absolute atomic E-state index is 12.6. The van der Waals surface area contributed by atoms with E-state index in [-0.39, 0.29) is 23.6 Å². The summed E-state index contributed by atoms with van der Waals surface area (Å²) in [5.41, 5.74) is 0.106. The molecular formula is C17H28N2O2. The van der Waals surface area contributed by atoms with Gasteiger partial charge in [-0.2, -0.15) is 0 Å². The van der Waals surface area contributed by atoms with Crippen molar-refractivity contribution in [1.82, 2.24) is 10.2 Å². The maximum Gasteiger partial charge on any atom is 0.317 e. The van der Waals surface area contributed by atoms with E-state index in [1.807, 2.05) is 11.8 Å². The fourth-order valence-corrected chi connectivity index (χ4v) is 5.94. The molecular weight excluding hydrogens is 264 g/mol. The molecule has 2 N–H and O–H groups in total. The molecule has 1 saturated heterocycles. The standard InChI is InChI=1S/C17H28N2O2/c1-11(20)15-2-3-19(10-15)16(21)18-17-7-12-4-13(8-17)6-14(5-12)9-17/h11-15,20H,2-10H2,1H3,(H,18,21). The average Bonchev–Trinajstić information content (AvgIpc) is 2.85. The molecule has 4 nitrogen and oxygen atoms in total. The summed E-state index contributed by atoms with van der Waals surface area (Å²) >= 11 is 0. The van der Waals surface area contributed by atoms with Gasteiger partial charge in [0.25, 0.3) is 0 Å². The minimum Gasteiger partial charge on any atom is -0.393 e. The van der Waals surface area contributed by atoms with Gasteiger partial charge in [-0.1, -0.05) is 0 Å². The Morgan fingerprint density at radius 1 is 1.19 bits per heavy atom. The zero-order valence-electron chi connectivity index (χ0n) is 13.1. The highest BCUT2D eigenvalue weighted by Gasteiger charge is 2.52. The molecule has 2 unspecified atom stereocenters. The minimum absolute atomic E-state index is 0.106. The van der Waals surface area contributed by atoms with Crippen molar-refractivity contribution in [1.29, 1.82) is 0 Å². The van der Waals surface area contributed by atoms with E-state index < -0.39 is 0 Å². The molecule has 21 heavy (non-hydrogen) atoms. The van der Waals surface area contributed by atoms with E-state index in [0.717, 1.165) is 37.3 Å². The topological polar surface area (TPSA) is 52.6 Å². The van der Waals surface area contributed by atoms with Crippen LogP contribution < -0.4 is 5.32 Å². The smallest absolute Gasteiger partial charge is 0.317 e. The van der Waals surface area contributed by atoms with Gasteiger partial charge < -0.3 is 15.3 Å². The Morgan fingerprint density at radius 3 is 2.24 bits per heavy atom. The normalized spacial score (nSPS) is 45.9. The lowest BCUT2D eigenvalue weighted by atomic mass is 9.53. The third kappa shape index (κ3) is 2.45. The number of aliphatic hydroxyl groups excluding tert-OH is 1. The van der Waals surface area contributed by atoms with Crippen LogP contribution in [0.25, 0.3) is 0 Å². The molecule has 4 bridgehead atoms. The third-order valence-electron chi connectivity index (χ3n) is 6.60. The van der Waals surface area contributed by atoms with Crippen LogP contribution >= 0.6 is 0 Å². The number of rotatable bonds is 2. The Bertz CT molecular complexity index is 399. The minimum atomic E-state index is -0.303. The zero-order valence-corrected chi connectivity index (χ0v) is 13.1. The molecule has 1 aliphatic heterocycles. The molecule has 4 heteroatoms.